The third kappa shape index (κ3) is 5.14. The Labute approximate surface area is 198 Å². The maximum atomic E-state index is 13.6. The molecule has 0 saturated carbocycles. The molecule has 2 aromatic rings. The van der Waals surface area contributed by atoms with E-state index in [0.29, 0.717) is 42.7 Å². The van der Waals surface area contributed by atoms with E-state index < -0.39 is 0 Å². The van der Waals surface area contributed by atoms with Crippen LogP contribution in [0.25, 0.3) is 10.1 Å². The number of piperazine rings is 1. The van der Waals surface area contributed by atoms with Crippen LogP contribution >= 0.6 is 11.3 Å². The summed E-state index contributed by atoms with van der Waals surface area (Å²) in [4.78, 5) is 44.0. The third-order valence-corrected chi connectivity index (χ3v) is 7.70. The van der Waals surface area contributed by atoms with Crippen LogP contribution in [0, 0.1) is 0 Å². The normalized spacial score (nSPS) is 17.9. The van der Waals surface area contributed by atoms with Gasteiger partial charge in [0.25, 0.3) is 5.91 Å². The topological polar surface area (TPSA) is 85.0 Å². The van der Waals surface area contributed by atoms with Crippen molar-refractivity contribution in [2.75, 3.05) is 51.1 Å². The molecule has 0 aliphatic carbocycles. The van der Waals surface area contributed by atoms with Crippen molar-refractivity contribution in [1.29, 1.82) is 0 Å². The molecule has 0 atom stereocenters. The van der Waals surface area contributed by atoms with Gasteiger partial charge in [0.2, 0.25) is 5.91 Å². The van der Waals surface area contributed by atoms with Gasteiger partial charge in [-0.3, -0.25) is 19.8 Å². The van der Waals surface area contributed by atoms with Crippen LogP contribution in [-0.4, -0.2) is 84.4 Å². The molecule has 2 N–H and O–H groups in total. The molecule has 3 heterocycles. The summed E-state index contributed by atoms with van der Waals surface area (Å²) in [6.45, 7) is 8.94. The van der Waals surface area contributed by atoms with Crippen LogP contribution in [0.4, 0.5) is 9.80 Å². The molecule has 2 fully saturated rings. The molecule has 2 saturated heterocycles. The number of nitrogens with one attached hydrogen (secondary N) is 2. The fraction of sp³-hybridized carbons (Fsp3) is 0.542. The number of carbonyl (C=O) groups is 3. The van der Waals surface area contributed by atoms with Gasteiger partial charge in [-0.25, -0.2) is 4.79 Å². The van der Waals surface area contributed by atoms with Gasteiger partial charge in [-0.05, 0) is 25.8 Å². The zero-order valence-corrected chi connectivity index (χ0v) is 20.2. The summed E-state index contributed by atoms with van der Waals surface area (Å²) in [5, 5.41) is 7.10. The minimum absolute atomic E-state index is 0.0257. The van der Waals surface area contributed by atoms with E-state index in [1.807, 2.05) is 47.9 Å². The van der Waals surface area contributed by atoms with Crippen molar-refractivity contribution in [2.24, 2.45) is 0 Å². The molecule has 33 heavy (non-hydrogen) atoms. The van der Waals surface area contributed by atoms with Crippen molar-refractivity contribution in [3.05, 3.63) is 29.8 Å². The number of likely N-dealkylation sites (tertiary alicyclic amines) is 1. The predicted molar refractivity (Wildman–Crippen MR) is 132 cm³/mol. The van der Waals surface area contributed by atoms with E-state index in [1.165, 1.54) is 11.3 Å². The minimum Gasteiger partial charge on any atom is -0.343 e. The Hall–Kier alpha value is -2.65. The highest BCUT2D eigenvalue weighted by atomic mass is 32.1. The van der Waals surface area contributed by atoms with Gasteiger partial charge in [0.15, 0.2) is 0 Å². The van der Waals surface area contributed by atoms with E-state index in [1.54, 1.807) is 0 Å². The van der Waals surface area contributed by atoms with E-state index in [-0.39, 0.29) is 17.8 Å². The molecule has 2 aliphatic rings. The molecule has 1 aromatic carbocycles. The Kier molecular flexibility index (Phi) is 7.49. The minimum atomic E-state index is -0.296. The molecule has 2 aliphatic heterocycles. The Balaban J connectivity index is 1.42. The molecule has 9 heteroatoms. The summed E-state index contributed by atoms with van der Waals surface area (Å²) in [5.41, 5.74) is 0.585. The number of carbonyl (C=O) groups excluding carboxylic acids is 3. The van der Waals surface area contributed by atoms with Crippen molar-refractivity contribution >= 4 is 44.3 Å². The van der Waals surface area contributed by atoms with E-state index in [0.717, 1.165) is 49.1 Å². The van der Waals surface area contributed by atoms with Crippen LogP contribution in [0.5, 0.6) is 0 Å². The maximum Gasteiger partial charge on any atom is 0.319 e. The first kappa shape index (κ1) is 23.5. The largest absolute Gasteiger partial charge is 0.343 e. The fourth-order valence-corrected chi connectivity index (χ4v) is 5.90. The van der Waals surface area contributed by atoms with Gasteiger partial charge in [0.05, 0.1) is 5.56 Å². The molecular weight excluding hydrogens is 438 g/mol. The summed E-state index contributed by atoms with van der Waals surface area (Å²) in [6.07, 6.45) is 2.56. The van der Waals surface area contributed by atoms with Crippen molar-refractivity contribution < 1.29 is 14.4 Å². The lowest BCUT2D eigenvalue weighted by Crippen LogP contribution is -2.54. The monoisotopic (exact) mass is 471 g/mol. The number of amides is 4. The summed E-state index contributed by atoms with van der Waals surface area (Å²) in [7, 11) is 0. The second kappa shape index (κ2) is 10.5. The molecular formula is C24H33N5O3S. The average Bonchev–Trinajstić information content (AvgIpc) is 3.21. The summed E-state index contributed by atoms with van der Waals surface area (Å²) in [6, 6.07) is 7.98. The van der Waals surface area contributed by atoms with E-state index >= 15 is 0 Å². The van der Waals surface area contributed by atoms with Crippen LogP contribution in [0.3, 0.4) is 0 Å². The van der Waals surface area contributed by atoms with E-state index in [2.05, 4.69) is 15.5 Å². The molecule has 0 radical (unpaired) electrons. The van der Waals surface area contributed by atoms with Gasteiger partial charge in [-0.15, -0.1) is 11.3 Å². The summed E-state index contributed by atoms with van der Waals surface area (Å²) >= 11 is 1.44. The first-order valence-electron chi connectivity index (χ1n) is 11.9. The van der Waals surface area contributed by atoms with Crippen LogP contribution < -0.4 is 10.6 Å². The number of hydrogen-bond donors (Lipinski definition) is 2. The molecule has 4 amide bonds. The van der Waals surface area contributed by atoms with Gasteiger partial charge in [0.1, 0.15) is 5.00 Å². The Bertz CT molecular complexity index is 1010. The summed E-state index contributed by atoms with van der Waals surface area (Å²) < 4.78 is 0.986. The van der Waals surface area contributed by atoms with E-state index in [9.17, 15) is 14.4 Å². The number of nitrogens with zero attached hydrogens (tertiary/aromatic N) is 3. The standard InChI is InChI=1S/C24H33N5O3S/c1-3-20(30)28-11-9-17(10-12-28)27-13-15-29(16-14-27)23(31)21-18-7-5-6-8-19(18)33-22(21)26-24(32)25-4-2/h5-8,17H,3-4,9-16H2,1-2H3,(H2,25,26,32). The second-order valence-corrected chi connectivity index (χ2v) is 9.63. The highest BCUT2D eigenvalue weighted by molar-refractivity contribution is 7.23. The average molecular weight is 472 g/mol. The fourth-order valence-electron chi connectivity index (χ4n) is 4.81. The van der Waals surface area contributed by atoms with Gasteiger partial charge in [0, 0.05) is 68.4 Å². The lowest BCUT2D eigenvalue weighted by atomic mass is 10.0. The van der Waals surface area contributed by atoms with Crippen molar-refractivity contribution in [3.8, 4) is 0 Å². The third-order valence-electron chi connectivity index (χ3n) is 6.61. The lowest BCUT2D eigenvalue weighted by molar-refractivity contribution is -0.132. The number of fused-ring (bicyclic) bond motifs is 1. The van der Waals surface area contributed by atoms with Gasteiger partial charge in [-0.1, -0.05) is 25.1 Å². The Morgan fingerprint density at radius 3 is 2.33 bits per heavy atom. The number of thiophene rings is 1. The number of rotatable bonds is 5. The molecule has 0 bridgehead atoms. The van der Waals surface area contributed by atoms with Crippen LogP contribution in [0.2, 0.25) is 0 Å². The molecule has 0 unspecified atom stereocenters. The first-order valence-corrected chi connectivity index (χ1v) is 12.7. The zero-order valence-electron chi connectivity index (χ0n) is 19.4. The highest BCUT2D eigenvalue weighted by Gasteiger charge is 2.32. The van der Waals surface area contributed by atoms with E-state index in [4.69, 9.17) is 0 Å². The second-order valence-electron chi connectivity index (χ2n) is 8.58. The van der Waals surface area contributed by atoms with Gasteiger partial charge in [-0.2, -0.15) is 0 Å². The van der Waals surface area contributed by atoms with Crippen LogP contribution in [0.15, 0.2) is 24.3 Å². The molecule has 8 nitrogen and oxygen atoms in total. The van der Waals surface area contributed by atoms with Gasteiger partial charge < -0.3 is 15.1 Å². The molecule has 1 aromatic heterocycles. The number of urea groups is 1. The van der Waals surface area contributed by atoms with Crippen molar-refractivity contribution in [3.63, 3.8) is 0 Å². The van der Waals surface area contributed by atoms with Crippen LogP contribution in [0.1, 0.15) is 43.5 Å². The number of hydrogen-bond acceptors (Lipinski definition) is 5. The molecule has 178 valence electrons. The Morgan fingerprint density at radius 1 is 0.970 bits per heavy atom. The number of anilines is 1. The first-order chi connectivity index (χ1) is 16.0. The molecule has 0 spiro atoms. The van der Waals surface area contributed by atoms with Crippen LogP contribution in [-0.2, 0) is 4.79 Å². The summed E-state index contributed by atoms with van der Waals surface area (Å²) in [5.74, 6) is 0.214. The lowest BCUT2D eigenvalue weighted by Gasteiger charge is -2.42. The molecule has 4 rings (SSSR count). The predicted octanol–water partition coefficient (Wildman–Crippen LogP) is 3.20. The highest BCUT2D eigenvalue weighted by Crippen LogP contribution is 2.36. The van der Waals surface area contributed by atoms with Crippen molar-refractivity contribution in [2.45, 2.75) is 39.2 Å². The van der Waals surface area contributed by atoms with Gasteiger partial charge >= 0.3 is 6.03 Å². The van der Waals surface area contributed by atoms with Crippen molar-refractivity contribution in [1.82, 2.24) is 20.0 Å². The smallest absolute Gasteiger partial charge is 0.319 e. The number of piperidine rings is 1. The zero-order chi connectivity index (χ0) is 23.4. The quantitative estimate of drug-likeness (QED) is 0.701. The maximum absolute atomic E-state index is 13.6. The number of benzene rings is 1. The SMILES string of the molecule is CCNC(=O)Nc1sc2ccccc2c1C(=O)N1CCN(C2CCN(C(=O)CC)CC2)CC1. The Morgan fingerprint density at radius 2 is 1.67 bits per heavy atom.